The van der Waals surface area contributed by atoms with Crippen molar-refractivity contribution in [2.24, 2.45) is 5.92 Å². The second-order valence-corrected chi connectivity index (χ2v) is 9.06. The topological polar surface area (TPSA) is 76.3 Å². The lowest BCUT2D eigenvalue weighted by Gasteiger charge is -2.23. The van der Waals surface area contributed by atoms with Gasteiger partial charge in [-0.1, -0.05) is 23.8 Å². The van der Waals surface area contributed by atoms with Crippen molar-refractivity contribution in [3.63, 3.8) is 0 Å². The van der Waals surface area contributed by atoms with Gasteiger partial charge in [0.1, 0.15) is 0 Å². The molecule has 0 saturated carbocycles. The first-order valence-electron chi connectivity index (χ1n) is 8.95. The molecule has 5 nitrogen and oxygen atoms in total. The van der Waals surface area contributed by atoms with E-state index < -0.39 is 10.0 Å². The van der Waals surface area contributed by atoms with Crippen LogP contribution < -0.4 is 5.73 Å². The summed E-state index contributed by atoms with van der Waals surface area (Å²) in [5, 5.41) is 0. The number of pyridine rings is 1. The highest BCUT2D eigenvalue weighted by Crippen LogP contribution is 2.45. The zero-order valence-electron chi connectivity index (χ0n) is 14.7. The zero-order valence-corrected chi connectivity index (χ0v) is 15.6. The third kappa shape index (κ3) is 3.04. The second-order valence-electron chi connectivity index (χ2n) is 7.22. The Bertz CT molecular complexity index is 921. The first kappa shape index (κ1) is 17.2. The molecule has 1 aromatic carbocycles. The molecule has 136 valence electrons. The fourth-order valence-electron chi connectivity index (χ4n) is 4.13. The first-order chi connectivity index (χ1) is 12.4. The lowest BCUT2D eigenvalue weighted by molar-refractivity contribution is 0.383. The average molecular weight is 369 g/mol. The number of fused-ring (bicyclic) bond motifs is 2. The summed E-state index contributed by atoms with van der Waals surface area (Å²) in [5.74, 6) is 0.230. The average Bonchev–Trinajstić information content (AvgIpc) is 3.20. The normalized spacial score (nSPS) is 26.0. The quantitative estimate of drug-likeness (QED) is 0.898. The van der Waals surface area contributed by atoms with Crippen molar-refractivity contribution >= 4 is 21.8 Å². The van der Waals surface area contributed by atoms with Crippen LogP contribution in [-0.4, -0.2) is 29.8 Å². The molecule has 6 heteroatoms. The van der Waals surface area contributed by atoms with Crippen LogP contribution in [0.5, 0.6) is 0 Å². The number of aryl methyl sites for hydroxylation is 1. The van der Waals surface area contributed by atoms with E-state index in [9.17, 15) is 8.42 Å². The number of nitrogens with zero attached hydrogens (tertiary/aromatic N) is 2. The van der Waals surface area contributed by atoms with Crippen molar-refractivity contribution in [1.82, 2.24) is 9.29 Å². The molecule has 0 spiro atoms. The number of benzene rings is 1. The fourth-order valence-corrected chi connectivity index (χ4v) is 6.06. The van der Waals surface area contributed by atoms with E-state index >= 15 is 0 Å². The molecule has 4 rings (SSSR count). The lowest BCUT2D eigenvalue weighted by atomic mass is 9.89. The molecular formula is C20H23N3O2S. The van der Waals surface area contributed by atoms with Crippen molar-refractivity contribution in [3.8, 4) is 0 Å². The summed E-state index contributed by atoms with van der Waals surface area (Å²) >= 11 is 0. The Morgan fingerprint density at radius 2 is 1.92 bits per heavy atom. The smallest absolute Gasteiger partial charge is 0.243 e. The maximum Gasteiger partial charge on any atom is 0.243 e. The third-order valence-corrected chi connectivity index (χ3v) is 7.43. The van der Waals surface area contributed by atoms with Crippen molar-refractivity contribution in [3.05, 3.63) is 59.9 Å². The largest absolute Gasteiger partial charge is 0.397 e. The molecule has 2 aromatic rings. The van der Waals surface area contributed by atoms with Gasteiger partial charge in [0.15, 0.2) is 0 Å². The molecular weight excluding hydrogens is 346 g/mol. The Balaban J connectivity index is 1.56. The van der Waals surface area contributed by atoms with Crippen LogP contribution in [0, 0.1) is 12.8 Å². The fraction of sp³-hybridized carbons (Fsp3) is 0.350. The van der Waals surface area contributed by atoms with E-state index in [1.165, 1.54) is 0 Å². The summed E-state index contributed by atoms with van der Waals surface area (Å²) in [6.07, 6.45) is 8.46. The molecule has 2 aliphatic heterocycles. The van der Waals surface area contributed by atoms with E-state index in [2.05, 4.69) is 11.1 Å². The highest BCUT2D eigenvalue weighted by molar-refractivity contribution is 7.89. The van der Waals surface area contributed by atoms with Gasteiger partial charge in [-0.3, -0.25) is 4.98 Å². The minimum absolute atomic E-state index is 0.0383. The molecule has 3 unspecified atom stereocenters. The van der Waals surface area contributed by atoms with Gasteiger partial charge in [-0.25, -0.2) is 8.42 Å². The minimum Gasteiger partial charge on any atom is -0.397 e. The van der Waals surface area contributed by atoms with E-state index in [0.717, 1.165) is 30.5 Å². The van der Waals surface area contributed by atoms with Gasteiger partial charge in [-0.15, -0.1) is 0 Å². The highest BCUT2D eigenvalue weighted by Gasteiger charge is 2.51. The Morgan fingerprint density at radius 1 is 1.15 bits per heavy atom. The Morgan fingerprint density at radius 3 is 2.62 bits per heavy atom. The number of nitrogen functional groups attached to an aromatic ring is 1. The van der Waals surface area contributed by atoms with E-state index in [1.807, 2.05) is 37.3 Å². The molecule has 0 amide bonds. The third-order valence-electron chi connectivity index (χ3n) is 5.44. The maximum atomic E-state index is 13.1. The van der Waals surface area contributed by atoms with Gasteiger partial charge >= 0.3 is 0 Å². The summed E-state index contributed by atoms with van der Waals surface area (Å²) < 4.78 is 28.0. The molecule has 2 saturated heterocycles. The first-order valence-corrected chi connectivity index (χ1v) is 10.4. The summed E-state index contributed by atoms with van der Waals surface area (Å²) in [6, 6.07) is 11.0. The Labute approximate surface area is 154 Å². The van der Waals surface area contributed by atoms with Crippen LogP contribution in [-0.2, 0) is 10.0 Å². The molecule has 0 aliphatic carbocycles. The van der Waals surface area contributed by atoms with Crippen molar-refractivity contribution in [1.29, 1.82) is 0 Å². The number of sulfonamides is 1. The predicted molar refractivity (Wildman–Crippen MR) is 103 cm³/mol. The van der Waals surface area contributed by atoms with Crippen LogP contribution >= 0.6 is 0 Å². The van der Waals surface area contributed by atoms with Gasteiger partial charge in [0.25, 0.3) is 0 Å². The van der Waals surface area contributed by atoms with Gasteiger partial charge in [-0.2, -0.15) is 4.31 Å². The molecule has 1 aromatic heterocycles. The molecule has 0 radical (unpaired) electrons. The maximum absolute atomic E-state index is 13.1. The lowest BCUT2D eigenvalue weighted by Crippen LogP contribution is -2.36. The van der Waals surface area contributed by atoms with E-state index in [4.69, 9.17) is 5.73 Å². The van der Waals surface area contributed by atoms with Crippen LogP contribution in [0.15, 0.2) is 53.6 Å². The number of anilines is 1. The summed E-state index contributed by atoms with van der Waals surface area (Å²) in [6.45, 7) is 1.96. The van der Waals surface area contributed by atoms with Gasteiger partial charge in [0.05, 0.1) is 22.5 Å². The Kier molecular flexibility index (Phi) is 4.32. The monoisotopic (exact) mass is 369 g/mol. The van der Waals surface area contributed by atoms with Gasteiger partial charge in [0, 0.05) is 12.1 Å². The SMILES string of the molecule is Cc1ccc(S(=O)(=O)N2C3CCC2C(/C=C/c2ccc(N)cn2)C3)cc1. The van der Waals surface area contributed by atoms with Crippen LogP contribution in [0.1, 0.15) is 30.5 Å². The molecule has 2 N–H and O–H groups in total. The van der Waals surface area contributed by atoms with Crippen LogP contribution in [0.3, 0.4) is 0 Å². The summed E-state index contributed by atoms with van der Waals surface area (Å²) in [4.78, 5) is 4.67. The molecule has 2 bridgehead atoms. The second kappa shape index (κ2) is 6.52. The Hall–Kier alpha value is -2.18. The van der Waals surface area contributed by atoms with E-state index in [1.54, 1.807) is 22.6 Å². The van der Waals surface area contributed by atoms with Crippen LogP contribution in [0.2, 0.25) is 0 Å². The minimum atomic E-state index is -3.45. The molecule has 2 aliphatic rings. The number of rotatable bonds is 4. The number of hydrogen-bond donors (Lipinski definition) is 1. The molecule has 26 heavy (non-hydrogen) atoms. The van der Waals surface area contributed by atoms with Gasteiger partial charge in [0.2, 0.25) is 10.0 Å². The van der Waals surface area contributed by atoms with E-state index in [-0.39, 0.29) is 18.0 Å². The van der Waals surface area contributed by atoms with Crippen molar-refractivity contribution < 1.29 is 8.42 Å². The predicted octanol–water partition coefficient (Wildman–Crippen LogP) is 3.23. The molecule has 3 atom stereocenters. The zero-order chi connectivity index (χ0) is 18.3. The summed E-state index contributed by atoms with van der Waals surface area (Å²) in [5.41, 5.74) is 8.20. The van der Waals surface area contributed by atoms with Crippen molar-refractivity contribution in [2.45, 2.75) is 43.2 Å². The number of nitrogens with two attached hydrogens (primary N) is 1. The van der Waals surface area contributed by atoms with E-state index in [0.29, 0.717) is 10.6 Å². The standard InChI is InChI=1S/C20H23N3O2S/c1-14-2-9-19(10-3-14)26(24,25)23-18-8-11-20(23)15(12-18)4-6-17-7-5-16(21)13-22-17/h2-7,9-10,13,15,18,20H,8,11-12,21H2,1H3/b6-4+. The highest BCUT2D eigenvalue weighted by atomic mass is 32.2. The van der Waals surface area contributed by atoms with Crippen molar-refractivity contribution in [2.75, 3.05) is 5.73 Å². The van der Waals surface area contributed by atoms with Gasteiger partial charge < -0.3 is 5.73 Å². The van der Waals surface area contributed by atoms with Crippen LogP contribution in [0.25, 0.3) is 6.08 Å². The van der Waals surface area contributed by atoms with Crippen LogP contribution in [0.4, 0.5) is 5.69 Å². The summed E-state index contributed by atoms with van der Waals surface area (Å²) in [7, 11) is -3.45. The van der Waals surface area contributed by atoms with Gasteiger partial charge in [-0.05, 0) is 62.4 Å². The number of aromatic nitrogens is 1. The molecule has 3 heterocycles. The molecule has 2 fully saturated rings. The number of hydrogen-bond acceptors (Lipinski definition) is 4.